The monoisotopic (exact) mass is 479 g/mol. The summed E-state index contributed by atoms with van der Waals surface area (Å²) in [4.78, 5) is 38.4. The average Bonchev–Trinajstić information content (AvgIpc) is 3.31. The molecule has 3 aliphatic rings. The summed E-state index contributed by atoms with van der Waals surface area (Å²) in [5.74, 6) is -1.69. The number of hydrogen-bond donors (Lipinski definition) is 4. The Labute approximate surface area is 183 Å². The van der Waals surface area contributed by atoms with E-state index in [1.807, 2.05) is 0 Å². The van der Waals surface area contributed by atoms with Crippen LogP contribution in [-0.4, -0.2) is 79.4 Å². The van der Waals surface area contributed by atoms with Crippen LogP contribution in [0.5, 0.6) is 0 Å². The maximum absolute atomic E-state index is 12.2. The minimum absolute atomic E-state index is 0.00373. The Morgan fingerprint density at radius 1 is 1.41 bits per heavy atom. The Morgan fingerprint density at radius 3 is 2.59 bits per heavy atom. The van der Waals surface area contributed by atoms with Gasteiger partial charge >= 0.3 is 18.1 Å². The normalized spacial score (nSPS) is 25.0. The molecule has 4 rings (SSSR count). The maximum Gasteiger partial charge on any atom is 0.490 e. The number of hydrogen-bond acceptors (Lipinski definition) is 9. The van der Waals surface area contributed by atoms with E-state index in [0.29, 0.717) is 29.6 Å². The summed E-state index contributed by atoms with van der Waals surface area (Å²) in [6.07, 6.45) is -4.39. The van der Waals surface area contributed by atoms with Crippen LogP contribution in [0.1, 0.15) is 24.2 Å². The van der Waals surface area contributed by atoms with E-state index in [4.69, 9.17) is 20.2 Å². The van der Waals surface area contributed by atoms with Crippen molar-refractivity contribution in [2.24, 2.45) is 11.7 Å². The molecule has 176 valence electrons. The number of nitrogens with zero attached hydrogens (tertiary/aromatic N) is 3. The minimum atomic E-state index is -5.08. The van der Waals surface area contributed by atoms with E-state index < -0.39 is 24.2 Å². The number of carbonyl (C=O) groups excluding carboxylic acids is 1. The molecule has 4 heterocycles. The van der Waals surface area contributed by atoms with Crippen LogP contribution in [-0.2, 0) is 14.4 Å². The molecule has 0 spiro atoms. The van der Waals surface area contributed by atoms with E-state index >= 15 is 0 Å². The molecule has 2 fully saturated rings. The molecule has 15 heteroatoms. The van der Waals surface area contributed by atoms with Gasteiger partial charge in [0.1, 0.15) is 11.7 Å². The van der Waals surface area contributed by atoms with Gasteiger partial charge in [-0.3, -0.25) is 9.69 Å². The van der Waals surface area contributed by atoms with Crippen molar-refractivity contribution in [3.63, 3.8) is 0 Å². The molecule has 0 aromatic carbocycles. The fraction of sp³-hybridized carbons (Fsp3) is 0.588. The van der Waals surface area contributed by atoms with Crippen LogP contribution in [0.3, 0.4) is 0 Å². The van der Waals surface area contributed by atoms with Crippen molar-refractivity contribution in [3.05, 3.63) is 23.0 Å². The minimum Gasteiger partial charge on any atom is -0.477 e. The number of carboxylic acid groups (broad SMARTS) is 2. The molecule has 2 saturated heterocycles. The van der Waals surface area contributed by atoms with E-state index in [1.54, 1.807) is 6.92 Å². The number of nitrogens with one attached hydrogen (secondary N) is 1. The standard InChI is InChI=1S/C15H19N5O4S.C2HF3O2/c1-6-18-13(24-19-6)9(16)5-25-4-8-2-7-3-17-10-11(7)20(14(10)21)12(8)15(22)23;3-2(4,5)1(6)7/h7,9-11,17H,2-5,16H2,1H3,(H,22,23);(H,6,7)/t7-,9+,10+,11-;/m1./s1. The molecule has 32 heavy (non-hydrogen) atoms. The highest BCUT2D eigenvalue weighted by Crippen LogP contribution is 2.44. The third kappa shape index (κ3) is 4.73. The Balaban J connectivity index is 0.000000360. The second-order valence-electron chi connectivity index (χ2n) is 7.41. The van der Waals surface area contributed by atoms with Crippen molar-refractivity contribution in [2.75, 3.05) is 18.1 Å². The van der Waals surface area contributed by atoms with Crippen molar-refractivity contribution in [2.45, 2.75) is 37.6 Å². The fourth-order valence-electron chi connectivity index (χ4n) is 3.86. The number of aliphatic carboxylic acids is 2. The van der Waals surface area contributed by atoms with Gasteiger partial charge in [0, 0.05) is 18.1 Å². The SMILES string of the molecule is Cc1noc([C@@H](N)CSCC2=C(C(=O)O)N3C(=O)[C@H]4NC[C@@H](C2)[C@H]43)n1.O=C(O)C(F)(F)F. The van der Waals surface area contributed by atoms with Gasteiger partial charge in [-0.15, -0.1) is 0 Å². The third-order valence-corrected chi connectivity index (χ3v) is 6.34. The molecule has 11 nitrogen and oxygen atoms in total. The number of nitrogens with two attached hydrogens (primary N) is 1. The highest BCUT2D eigenvalue weighted by atomic mass is 32.2. The van der Waals surface area contributed by atoms with Crippen LogP contribution in [0.2, 0.25) is 0 Å². The zero-order valence-corrected chi connectivity index (χ0v) is 17.4. The van der Waals surface area contributed by atoms with Gasteiger partial charge in [-0.2, -0.15) is 29.9 Å². The Morgan fingerprint density at radius 2 is 2.06 bits per heavy atom. The number of aromatic nitrogens is 2. The first-order valence-corrected chi connectivity index (χ1v) is 10.5. The summed E-state index contributed by atoms with van der Waals surface area (Å²) in [7, 11) is 0. The first-order valence-electron chi connectivity index (χ1n) is 9.37. The number of carbonyl (C=O) groups is 3. The number of amides is 1. The topological polar surface area (TPSA) is 172 Å². The van der Waals surface area contributed by atoms with Gasteiger partial charge in [0.15, 0.2) is 5.82 Å². The zero-order valence-electron chi connectivity index (χ0n) is 16.6. The summed E-state index contributed by atoms with van der Waals surface area (Å²) in [5.41, 5.74) is 6.99. The number of β-lactam (4-membered cyclic amide) rings is 1. The first-order chi connectivity index (χ1) is 14.9. The van der Waals surface area contributed by atoms with Crippen molar-refractivity contribution in [1.29, 1.82) is 0 Å². The maximum atomic E-state index is 12.2. The Hall–Kier alpha value is -2.65. The summed E-state index contributed by atoms with van der Waals surface area (Å²) in [6, 6.07) is -0.613. The molecule has 3 aliphatic heterocycles. The third-order valence-electron chi connectivity index (χ3n) is 5.19. The lowest BCUT2D eigenvalue weighted by Gasteiger charge is -2.48. The Bertz CT molecular complexity index is 951. The number of thioether (sulfide) groups is 1. The van der Waals surface area contributed by atoms with E-state index in [9.17, 15) is 27.9 Å². The summed E-state index contributed by atoms with van der Waals surface area (Å²) in [6.45, 7) is 2.47. The van der Waals surface area contributed by atoms with E-state index in [2.05, 4.69) is 15.5 Å². The summed E-state index contributed by atoms with van der Waals surface area (Å²) >= 11 is 1.52. The summed E-state index contributed by atoms with van der Waals surface area (Å²) < 4.78 is 36.8. The van der Waals surface area contributed by atoms with Crippen molar-refractivity contribution >= 4 is 29.6 Å². The molecule has 0 unspecified atom stereocenters. The number of rotatable bonds is 6. The van der Waals surface area contributed by atoms with Crippen molar-refractivity contribution in [3.8, 4) is 0 Å². The molecule has 0 aliphatic carbocycles. The molecule has 1 amide bonds. The first kappa shape index (κ1) is 24.0. The molecule has 0 radical (unpaired) electrons. The number of carboxylic acids is 2. The second-order valence-corrected chi connectivity index (χ2v) is 8.44. The van der Waals surface area contributed by atoms with Gasteiger partial charge in [-0.25, -0.2) is 9.59 Å². The predicted octanol–water partition coefficient (Wildman–Crippen LogP) is 0.286. The quantitative estimate of drug-likeness (QED) is 0.413. The van der Waals surface area contributed by atoms with E-state index in [0.717, 1.165) is 12.1 Å². The van der Waals surface area contributed by atoms with Gasteiger partial charge in [-0.05, 0) is 24.8 Å². The highest BCUT2D eigenvalue weighted by molar-refractivity contribution is 7.99. The second kappa shape index (κ2) is 9.07. The van der Waals surface area contributed by atoms with Crippen molar-refractivity contribution < 1.29 is 42.3 Å². The lowest BCUT2D eigenvalue weighted by molar-refractivity contribution is -0.192. The van der Waals surface area contributed by atoms with Gasteiger partial charge in [-0.1, -0.05) is 5.16 Å². The van der Waals surface area contributed by atoms with Crippen LogP contribution >= 0.6 is 11.8 Å². The summed E-state index contributed by atoms with van der Waals surface area (Å²) in [5, 5.41) is 23.6. The lowest BCUT2D eigenvalue weighted by atomic mass is 9.80. The molecule has 4 atom stereocenters. The molecule has 1 aromatic heterocycles. The lowest BCUT2D eigenvalue weighted by Crippen LogP contribution is -2.68. The van der Waals surface area contributed by atoms with Crippen LogP contribution in [0.15, 0.2) is 15.8 Å². The predicted molar refractivity (Wildman–Crippen MR) is 102 cm³/mol. The number of aryl methyl sites for hydroxylation is 1. The molecule has 0 saturated carbocycles. The molecular weight excluding hydrogens is 459 g/mol. The van der Waals surface area contributed by atoms with E-state index in [-0.39, 0.29) is 29.6 Å². The van der Waals surface area contributed by atoms with E-state index in [1.165, 1.54) is 16.7 Å². The molecular formula is C17H20F3N5O6S. The Kier molecular flexibility index (Phi) is 6.80. The fourth-order valence-corrected chi connectivity index (χ4v) is 4.88. The molecule has 5 N–H and O–H groups in total. The van der Waals surface area contributed by atoms with Gasteiger partial charge < -0.3 is 25.8 Å². The molecule has 1 aromatic rings. The smallest absolute Gasteiger partial charge is 0.477 e. The number of halogens is 3. The van der Waals surface area contributed by atoms with Crippen LogP contribution in [0, 0.1) is 12.8 Å². The highest BCUT2D eigenvalue weighted by Gasteiger charge is 2.59. The van der Waals surface area contributed by atoms with Gasteiger partial charge in [0.05, 0.1) is 12.1 Å². The van der Waals surface area contributed by atoms with Crippen LogP contribution < -0.4 is 11.1 Å². The largest absolute Gasteiger partial charge is 0.490 e. The van der Waals surface area contributed by atoms with Gasteiger partial charge in [0.25, 0.3) is 0 Å². The molecule has 0 bridgehead atoms. The average molecular weight is 479 g/mol. The number of alkyl halides is 3. The zero-order chi connectivity index (χ0) is 23.8. The van der Waals surface area contributed by atoms with Gasteiger partial charge in [0.2, 0.25) is 11.8 Å². The van der Waals surface area contributed by atoms with Crippen LogP contribution in [0.4, 0.5) is 13.2 Å². The van der Waals surface area contributed by atoms with Crippen molar-refractivity contribution in [1.82, 2.24) is 20.4 Å². The van der Waals surface area contributed by atoms with Crippen LogP contribution in [0.25, 0.3) is 0 Å².